The molecule has 0 amide bonds. The maximum Gasteiger partial charge on any atom is -0.00266 e. The molecule has 0 N–H and O–H groups in total. The summed E-state index contributed by atoms with van der Waals surface area (Å²) in [5.74, 6) is 0. The highest BCUT2D eigenvalue weighted by Crippen LogP contribution is 2.34. The average molecular weight is 230 g/mol. The number of hydrogen-bond acceptors (Lipinski definition) is 0. The Morgan fingerprint density at radius 3 is 1.72 bits per heavy atom. The molecule has 0 bridgehead atoms. The Kier molecular flexibility index (Phi) is 1.90. The lowest BCUT2D eigenvalue weighted by Gasteiger charge is -2.11. The molecule has 0 atom stereocenters. The molecule has 0 aliphatic heterocycles. The summed E-state index contributed by atoms with van der Waals surface area (Å²) < 4.78 is 0. The maximum absolute atomic E-state index is 2.33. The quantitative estimate of drug-likeness (QED) is 0.397. The van der Waals surface area contributed by atoms with E-state index < -0.39 is 0 Å². The Bertz CT molecular complexity index is 792. The van der Waals surface area contributed by atoms with Crippen molar-refractivity contribution in [2.24, 2.45) is 0 Å². The highest BCUT2D eigenvalue weighted by atomic mass is 14.1. The van der Waals surface area contributed by atoms with Gasteiger partial charge < -0.3 is 0 Å². The molecule has 0 unspecified atom stereocenters. The maximum atomic E-state index is 2.33. The first-order valence-electron chi connectivity index (χ1n) is 6.53. The van der Waals surface area contributed by atoms with Gasteiger partial charge >= 0.3 is 0 Å². The Morgan fingerprint density at radius 2 is 1.17 bits per heavy atom. The van der Waals surface area contributed by atoms with Gasteiger partial charge in [0.15, 0.2) is 0 Å². The lowest BCUT2D eigenvalue weighted by molar-refractivity contribution is 1.15. The zero-order chi connectivity index (χ0) is 12.1. The normalized spacial score (nSPS) is 11.8. The van der Waals surface area contributed by atoms with Crippen LogP contribution in [0.15, 0.2) is 54.6 Å². The molecule has 0 saturated carbocycles. The molecule has 4 aromatic rings. The fourth-order valence-corrected chi connectivity index (χ4v) is 3.02. The van der Waals surface area contributed by atoms with E-state index in [2.05, 4.69) is 61.5 Å². The number of rotatable bonds is 1. The molecule has 0 aliphatic carbocycles. The fourth-order valence-electron chi connectivity index (χ4n) is 3.02. The molecule has 0 aromatic heterocycles. The minimum Gasteiger partial charge on any atom is -0.0613 e. The minimum atomic E-state index is 1.09. The number of benzene rings is 4. The van der Waals surface area contributed by atoms with Crippen LogP contribution in [-0.4, -0.2) is 0 Å². The predicted molar refractivity (Wildman–Crippen MR) is 79.5 cm³/mol. The van der Waals surface area contributed by atoms with Crippen molar-refractivity contribution in [3.05, 3.63) is 60.2 Å². The third-order valence-electron chi connectivity index (χ3n) is 3.93. The van der Waals surface area contributed by atoms with E-state index in [-0.39, 0.29) is 0 Å². The monoisotopic (exact) mass is 230 g/mol. The molecule has 4 aromatic carbocycles. The van der Waals surface area contributed by atoms with Crippen LogP contribution in [-0.2, 0) is 6.42 Å². The molecule has 0 heteroatoms. The summed E-state index contributed by atoms with van der Waals surface area (Å²) in [5.41, 5.74) is 1.42. The van der Waals surface area contributed by atoms with Crippen molar-refractivity contribution in [3.8, 4) is 0 Å². The van der Waals surface area contributed by atoms with Crippen LogP contribution in [0.5, 0.6) is 0 Å². The lowest BCUT2D eigenvalue weighted by Crippen LogP contribution is -1.86. The standard InChI is InChI=1S/C18H14/c1-2-12-10-15-8-6-13-4-3-5-14-7-9-16(11-12)18(15)17(13)14/h3-11H,2H2,1H3. The predicted octanol–water partition coefficient (Wildman–Crippen LogP) is 5.15. The SMILES string of the molecule is CCc1cc2ccc3cccc4ccc(c1)c2c34. The molecule has 0 nitrogen and oxygen atoms in total. The zero-order valence-corrected chi connectivity index (χ0v) is 10.4. The summed E-state index contributed by atoms with van der Waals surface area (Å²) in [7, 11) is 0. The third-order valence-corrected chi connectivity index (χ3v) is 3.93. The highest BCUT2D eigenvalue weighted by Gasteiger charge is 2.07. The van der Waals surface area contributed by atoms with Crippen LogP contribution in [0.3, 0.4) is 0 Å². The smallest absolute Gasteiger partial charge is 0.00266 e. The first-order chi connectivity index (χ1) is 8.86. The van der Waals surface area contributed by atoms with Crippen LogP contribution >= 0.6 is 0 Å². The van der Waals surface area contributed by atoms with Crippen molar-refractivity contribution < 1.29 is 0 Å². The van der Waals surface area contributed by atoms with Gasteiger partial charge in [0, 0.05) is 0 Å². The molecule has 4 rings (SSSR count). The van der Waals surface area contributed by atoms with Gasteiger partial charge in [-0.05, 0) is 44.3 Å². The molecule has 0 aliphatic rings. The van der Waals surface area contributed by atoms with Crippen molar-refractivity contribution in [2.45, 2.75) is 13.3 Å². The van der Waals surface area contributed by atoms with Gasteiger partial charge in [0.1, 0.15) is 0 Å². The summed E-state index contributed by atoms with van der Waals surface area (Å²) in [6.07, 6.45) is 1.09. The topological polar surface area (TPSA) is 0 Å². The summed E-state index contributed by atoms with van der Waals surface area (Å²) >= 11 is 0. The van der Waals surface area contributed by atoms with Gasteiger partial charge in [-0.1, -0.05) is 61.5 Å². The van der Waals surface area contributed by atoms with Gasteiger partial charge in [-0.15, -0.1) is 0 Å². The van der Waals surface area contributed by atoms with E-state index in [4.69, 9.17) is 0 Å². The molecule has 0 spiro atoms. The summed E-state index contributed by atoms with van der Waals surface area (Å²) in [6, 6.07) is 20.2. The Morgan fingerprint density at radius 1 is 0.667 bits per heavy atom. The summed E-state index contributed by atoms with van der Waals surface area (Å²) in [4.78, 5) is 0. The van der Waals surface area contributed by atoms with Gasteiger partial charge in [-0.25, -0.2) is 0 Å². The molecular weight excluding hydrogens is 216 g/mol. The van der Waals surface area contributed by atoms with E-state index >= 15 is 0 Å². The first kappa shape index (κ1) is 9.90. The van der Waals surface area contributed by atoms with Crippen molar-refractivity contribution in [3.63, 3.8) is 0 Å². The van der Waals surface area contributed by atoms with Crippen molar-refractivity contribution in [2.75, 3.05) is 0 Å². The number of aryl methyl sites for hydroxylation is 1. The Labute approximate surface area is 106 Å². The van der Waals surface area contributed by atoms with Gasteiger partial charge in [0.2, 0.25) is 0 Å². The fraction of sp³-hybridized carbons (Fsp3) is 0.111. The van der Waals surface area contributed by atoms with Gasteiger partial charge in [-0.2, -0.15) is 0 Å². The van der Waals surface area contributed by atoms with Crippen LogP contribution in [0, 0.1) is 0 Å². The summed E-state index contributed by atoms with van der Waals surface area (Å²) in [5, 5.41) is 8.25. The Hall–Kier alpha value is -2.08. The van der Waals surface area contributed by atoms with Crippen molar-refractivity contribution >= 4 is 32.3 Å². The molecular formula is C18H14. The second-order valence-electron chi connectivity index (χ2n) is 4.98. The van der Waals surface area contributed by atoms with Gasteiger partial charge in [-0.3, -0.25) is 0 Å². The zero-order valence-electron chi connectivity index (χ0n) is 10.4. The third kappa shape index (κ3) is 1.20. The molecule has 0 radical (unpaired) electrons. The lowest BCUT2D eigenvalue weighted by atomic mass is 9.92. The van der Waals surface area contributed by atoms with E-state index in [0.29, 0.717) is 0 Å². The van der Waals surface area contributed by atoms with E-state index in [9.17, 15) is 0 Å². The average Bonchev–Trinajstić information content (AvgIpc) is 2.44. The van der Waals surface area contributed by atoms with Crippen LogP contribution in [0.1, 0.15) is 12.5 Å². The second-order valence-corrected chi connectivity index (χ2v) is 4.98. The minimum absolute atomic E-state index is 1.09. The van der Waals surface area contributed by atoms with Crippen molar-refractivity contribution in [1.82, 2.24) is 0 Å². The van der Waals surface area contributed by atoms with E-state index in [0.717, 1.165) is 6.42 Å². The largest absolute Gasteiger partial charge is 0.0613 e. The molecule has 0 fully saturated rings. The van der Waals surface area contributed by atoms with Gasteiger partial charge in [0.05, 0.1) is 0 Å². The Balaban J connectivity index is 2.35. The van der Waals surface area contributed by atoms with Crippen LogP contribution in [0.25, 0.3) is 32.3 Å². The van der Waals surface area contributed by atoms with E-state index in [1.54, 1.807) is 0 Å². The highest BCUT2D eigenvalue weighted by molar-refractivity contribution is 6.23. The van der Waals surface area contributed by atoms with Crippen LogP contribution in [0.4, 0.5) is 0 Å². The summed E-state index contributed by atoms with van der Waals surface area (Å²) in [6.45, 7) is 2.22. The molecule has 0 heterocycles. The second kappa shape index (κ2) is 3.46. The molecule has 18 heavy (non-hydrogen) atoms. The van der Waals surface area contributed by atoms with Crippen molar-refractivity contribution in [1.29, 1.82) is 0 Å². The molecule has 0 saturated heterocycles. The first-order valence-corrected chi connectivity index (χ1v) is 6.53. The van der Waals surface area contributed by atoms with Gasteiger partial charge in [0.25, 0.3) is 0 Å². The van der Waals surface area contributed by atoms with E-state index in [1.165, 1.54) is 37.9 Å². The van der Waals surface area contributed by atoms with Crippen LogP contribution < -0.4 is 0 Å². The number of hydrogen-bond donors (Lipinski definition) is 0. The van der Waals surface area contributed by atoms with E-state index in [1.807, 2.05) is 0 Å². The van der Waals surface area contributed by atoms with Crippen LogP contribution in [0.2, 0.25) is 0 Å². The molecule has 86 valence electrons.